The van der Waals surface area contributed by atoms with Crippen molar-refractivity contribution in [3.63, 3.8) is 0 Å². The molecule has 116 valence electrons. The van der Waals surface area contributed by atoms with E-state index in [1.165, 1.54) is 4.88 Å². The van der Waals surface area contributed by atoms with Crippen molar-refractivity contribution in [2.45, 2.75) is 12.8 Å². The van der Waals surface area contributed by atoms with Gasteiger partial charge in [0.15, 0.2) is 6.61 Å². The molecule has 2 rings (SSSR count). The molecular formula is C16H16BrNO3S. The van der Waals surface area contributed by atoms with E-state index in [0.717, 1.165) is 16.5 Å². The van der Waals surface area contributed by atoms with E-state index in [4.69, 9.17) is 4.74 Å². The number of rotatable bonds is 7. The lowest BCUT2D eigenvalue weighted by Gasteiger charge is -2.06. The van der Waals surface area contributed by atoms with Crippen LogP contribution in [0.15, 0.2) is 46.3 Å². The number of ether oxygens (including phenoxy) is 1. The molecule has 1 N–H and O–H groups in total. The number of benzene rings is 1. The Balaban J connectivity index is 1.63. The van der Waals surface area contributed by atoms with Crippen LogP contribution in [0.2, 0.25) is 0 Å². The summed E-state index contributed by atoms with van der Waals surface area (Å²) in [6, 6.07) is 11.4. The van der Waals surface area contributed by atoms with E-state index in [0.29, 0.717) is 6.54 Å². The highest BCUT2D eigenvalue weighted by Crippen LogP contribution is 2.11. The van der Waals surface area contributed by atoms with Gasteiger partial charge in [0.05, 0.1) is 6.42 Å². The molecule has 0 unspecified atom stereocenters. The molecule has 1 amide bonds. The van der Waals surface area contributed by atoms with E-state index in [-0.39, 0.29) is 18.9 Å². The first-order chi connectivity index (χ1) is 10.6. The Morgan fingerprint density at radius 2 is 1.95 bits per heavy atom. The van der Waals surface area contributed by atoms with Crippen LogP contribution in [0.1, 0.15) is 10.4 Å². The number of carbonyl (C=O) groups excluding carboxylic acids is 2. The molecule has 1 aromatic carbocycles. The van der Waals surface area contributed by atoms with Crippen molar-refractivity contribution in [1.82, 2.24) is 5.32 Å². The molecule has 0 saturated heterocycles. The number of halogens is 1. The minimum atomic E-state index is -0.407. The second-order valence-corrected chi connectivity index (χ2v) is 6.59. The minimum Gasteiger partial charge on any atom is -0.455 e. The largest absolute Gasteiger partial charge is 0.455 e. The van der Waals surface area contributed by atoms with Crippen LogP contribution in [0, 0.1) is 0 Å². The highest BCUT2D eigenvalue weighted by atomic mass is 79.9. The van der Waals surface area contributed by atoms with Crippen molar-refractivity contribution < 1.29 is 14.3 Å². The average Bonchev–Trinajstić information content (AvgIpc) is 3.01. The third-order valence-electron chi connectivity index (χ3n) is 2.90. The molecular weight excluding hydrogens is 366 g/mol. The molecule has 6 heteroatoms. The molecule has 1 heterocycles. The summed E-state index contributed by atoms with van der Waals surface area (Å²) in [5, 5.41) is 4.73. The van der Waals surface area contributed by atoms with Gasteiger partial charge in [-0.3, -0.25) is 9.59 Å². The maximum Gasteiger partial charge on any atom is 0.310 e. The predicted octanol–water partition coefficient (Wildman–Crippen LogP) is 2.96. The maximum atomic E-state index is 11.7. The van der Waals surface area contributed by atoms with Gasteiger partial charge in [-0.15, -0.1) is 11.3 Å². The van der Waals surface area contributed by atoms with Gasteiger partial charge in [-0.25, -0.2) is 0 Å². The highest BCUT2D eigenvalue weighted by molar-refractivity contribution is 9.10. The summed E-state index contributed by atoms with van der Waals surface area (Å²) in [6.07, 6.45) is 0.950. The Morgan fingerprint density at radius 3 is 2.64 bits per heavy atom. The zero-order chi connectivity index (χ0) is 15.8. The molecule has 0 aliphatic heterocycles. The maximum absolute atomic E-state index is 11.7. The van der Waals surface area contributed by atoms with E-state index in [2.05, 4.69) is 21.2 Å². The Hall–Kier alpha value is -1.66. The smallest absolute Gasteiger partial charge is 0.310 e. The first kappa shape index (κ1) is 16.7. The fraction of sp³-hybridized carbons (Fsp3) is 0.250. The van der Waals surface area contributed by atoms with Crippen LogP contribution < -0.4 is 5.32 Å². The van der Waals surface area contributed by atoms with Gasteiger partial charge in [-0.05, 0) is 35.6 Å². The summed E-state index contributed by atoms with van der Waals surface area (Å²) in [5.41, 5.74) is 0.853. The number of nitrogens with one attached hydrogen (secondary N) is 1. The van der Waals surface area contributed by atoms with Crippen LogP contribution in [0.5, 0.6) is 0 Å². The molecule has 0 aliphatic rings. The molecule has 0 saturated carbocycles. The third-order valence-corrected chi connectivity index (χ3v) is 4.36. The van der Waals surface area contributed by atoms with Gasteiger partial charge in [0.2, 0.25) is 0 Å². The lowest BCUT2D eigenvalue weighted by Crippen LogP contribution is -2.30. The van der Waals surface area contributed by atoms with E-state index >= 15 is 0 Å². The molecule has 0 atom stereocenters. The third kappa shape index (κ3) is 5.99. The van der Waals surface area contributed by atoms with E-state index in [1.54, 1.807) is 11.3 Å². The Bertz CT molecular complexity index is 611. The summed E-state index contributed by atoms with van der Waals surface area (Å²) < 4.78 is 5.92. The van der Waals surface area contributed by atoms with Crippen LogP contribution in [-0.4, -0.2) is 25.0 Å². The van der Waals surface area contributed by atoms with Crippen LogP contribution in [0.4, 0.5) is 0 Å². The SMILES string of the molecule is O=C(COC(=O)Cc1ccc(Br)cc1)NCCc1cccs1. The van der Waals surface area contributed by atoms with Crippen molar-refractivity contribution in [2.24, 2.45) is 0 Å². The minimum absolute atomic E-state index is 0.162. The zero-order valence-electron chi connectivity index (χ0n) is 11.9. The number of esters is 1. The van der Waals surface area contributed by atoms with E-state index in [9.17, 15) is 9.59 Å². The van der Waals surface area contributed by atoms with Gasteiger partial charge in [-0.2, -0.15) is 0 Å². The summed E-state index contributed by atoms with van der Waals surface area (Å²) in [7, 11) is 0. The van der Waals surface area contributed by atoms with Crippen molar-refractivity contribution in [3.8, 4) is 0 Å². The fourth-order valence-electron chi connectivity index (χ4n) is 1.80. The molecule has 0 radical (unpaired) electrons. The van der Waals surface area contributed by atoms with Crippen molar-refractivity contribution in [3.05, 3.63) is 56.7 Å². The number of thiophene rings is 1. The molecule has 0 aliphatic carbocycles. The monoisotopic (exact) mass is 381 g/mol. The van der Waals surface area contributed by atoms with Gasteiger partial charge in [0.1, 0.15) is 0 Å². The van der Waals surface area contributed by atoms with Crippen LogP contribution in [0.25, 0.3) is 0 Å². The molecule has 0 spiro atoms. The summed E-state index contributed by atoms with van der Waals surface area (Å²) in [5.74, 6) is -0.684. The first-order valence-corrected chi connectivity index (χ1v) is 8.50. The van der Waals surface area contributed by atoms with Crippen LogP contribution in [-0.2, 0) is 27.2 Å². The van der Waals surface area contributed by atoms with Gasteiger partial charge in [0, 0.05) is 15.9 Å². The van der Waals surface area contributed by atoms with Crippen molar-refractivity contribution >= 4 is 39.1 Å². The molecule has 22 heavy (non-hydrogen) atoms. The lowest BCUT2D eigenvalue weighted by atomic mass is 10.2. The first-order valence-electron chi connectivity index (χ1n) is 6.82. The second-order valence-electron chi connectivity index (χ2n) is 4.64. The fourth-order valence-corrected chi connectivity index (χ4v) is 2.77. The normalized spacial score (nSPS) is 10.2. The van der Waals surface area contributed by atoms with E-state index in [1.807, 2.05) is 41.8 Å². The summed E-state index contributed by atoms with van der Waals surface area (Å²) in [4.78, 5) is 24.4. The summed E-state index contributed by atoms with van der Waals surface area (Å²) in [6.45, 7) is 0.309. The van der Waals surface area contributed by atoms with Crippen molar-refractivity contribution in [1.29, 1.82) is 0 Å². The number of carbonyl (C=O) groups is 2. The van der Waals surface area contributed by atoms with Crippen LogP contribution in [0.3, 0.4) is 0 Å². The Labute approximate surface area is 141 Å². The molecule has 1 aromatic heterocycles. The highest BCUT2D eigenvalue weighted by Gasteiger charge is 2.08. The van der Waals surface area contributed by atoms with Gasteiger partial charge >= 0.3 is 5.97 Å². The summed E-state index contributed by atoms with van der Waals surface area (Å²) >= 11 is 4.99. The van der Waals surface area contributed by atoms with Crippen molar-refractivity contribution in [2.75, 3.05) is 13.2 Å². The quantitative estimate of drug-likeness (QED) is 0.750. The predicted molar refractivity (Wildman–Crippen MR) is 89.8 cm³/mol. The number of amides is 1. The van der Waals surface area contributed by atoms with E-state index < -0.39 is 5.97 Å². The number of hydrogen-bond donors (Lipinski definition) is 1. The van der Waals surface area contributed by atoms with Gasteiger partial charge in [0.25, 0.3) is 5.91 Å². The van der Waals surface area contributed by atoms with Gasteiger partial charge in [-0.1, -0.05) is 34.1 Å². The Kier molecular flexibility index (Phi) is 6.61. The molecule has 0 bridgehead atoms. The second kappa shape index (κ2) is 8.70. The molecule has 0 fully saturated rings. The lowest BCUT2D eigenvalue weighted by molar-refractivity contribution is -0.147. The standard InChI is InChI=1S/C16H16BrNO3S/c17-13-5-3-12(4-6-13)10-16(20)21-11-15(19)18-8-7-14-2-1-9-22-14/h1-6,9H,7-8,10-11H2,(H,18,19). The molecule has 4 nitrogen and oxygen atoms in total. The number of hydrogen-bond acceptors (Lipinski definition) is 4. The zero-order valence-corrected chi connectivity index (χ0v) is 14.3. The topological polar surface area (TPSA) is 55.4 Å². The average molecular weight is 382 g/mol. The van der Waals surface area contributed by atoms with Crippen LogP contribution >= 0.6 is 27.3 Å². The molecule has 2 aromatic rings. The van der Waals surface area contributed by atoms with Gasteiger partial charge < -0.3 is 10.1 Å². The Morgan fingerprint density at radius 1 is 1.18 bits per heavy atom.